The Labute approximate surface area is 154 Å². The summed E-state index contributed by atoms with van der Waals surface area (Å²) in [4.78, 5) is 13.3. The Bertz CT molecular complexity index is 1010. The number of thiophene rings is 1. The maximum Gasteiger partial charge on any atom is 0.338 e. The third-order valence-electron chi connectivity index (χ3n) is 4.35. The molecule has 0 fully saturated rings. The highest BCUT2D eigenvalue weighted by molar-refractivity contribution is 7.50. The number of hydrogen-bond acceptors (Lipinski definition) is 3. The Morgan fingerprint density at radius 3 is 1.96 bits per heavy atom. The van der Waals surface area contributed by atoms with Gasteiger partial charge in [0.15, 0.2) is 14.3 Å². The van der Waals surface area contributed by atoms with Crippen LogP contribution in [0, 0.1) is 0 Å². The van der Waals surface area contributed by atoms with Crippen molar-refractivity contribution in [3.63, 3.8) is 0 Å². The second kappa shape index (κ2) is 7.28. The van der Waals surface area contributed by atoms with Gasteiger partial charge >= 0.3 is 5.97 Å². The molecule has 0 saturated carbocycles. The predicted molar refractivity (Wildman–Crippen MR) is 107 cm³/mol. The van der Waals surface area contributed by atoms with Gasteiger partial charge in [-0.1, -0.05) is 24.3 Å². The van der Waals surface area contributed by atoms with Crippen molar-refractivity contribution < 1.29 is 14.3 Å². The molecule has 3 aromatic carbocycles. The first kappa shape index (κ1) is 16.8. The highest BCUT2D eigenvalue weighted by Crippen LogP contribution is 2.48. The van der Waals surface area contributed by atoms with Gasteiger partial charge < -0.3 is 9.47 Å². The monoisotopic (exact) mass is 363 g/mol. The summed E-state index contributed by atoms with van der Waals surface area (Å²) in [6, 6.07) is 24.9. The molecule has 0 aliphatic rings. The number of carbonyl (C=O) groups excluding carboxylic acids is 1. The number of esters is 1. The van der Waals surface area contributed by atoms with Gasteiger partial charge in [0, 0.05) is 28.4 Å². The van der Waals surface area contributed by atoms with E-state index in [0.29, 0.717) is 12.2 Å². The third kappa shape index (κ3) is 2.98. The fourth-order valence-electron chi connectivity index (χ4n) is 3.13. The van der Waals surface area contributed by atoms with Crippen molar-refractivity contribution in [3.05, 3.63) is 78.4 Å². The van der Waals surface area contributed by atoms with Crippen LogP contribution in [0.4, 0.5) is 0 Å². The average molecular weight is 363 g/mol. The molecule has 1 aromatic heterocycles. The van der Waals surface area contributed by atoms with Crippen LogP contribution in [0.3, 0.4) is 0 Å². The maximum absolute atomic E-state index is 12.1. The Kier molecular flexibility index (Phi) is 4.69. The molecule has 0 atom stereocenters. The summed E-state index contributed by atoms with van der Waals surface area (Å²) in [6.07, 6.45) is 0. The van der Waals surface area contributed by atoms with Crippen molar-refractivity contribution in [1.82, 2.24) is 0 Å². The van der Waals surface area contributed by atoms with Gasteiger partial charge in [-0.2, -0.15) is 0 Å². The van der Waals surface area contributed by atoms with Crippen LogP contribution in [0.5, 0.6) is 0 Å². The molecule has 0 spiro atoms. The van der Waals surface area contributed by atoms with Crippen LogP contribution in [-0.4, -0.2) is 26.3 Å². The summed E-state index contributed by atoms with van der Waals surface area (Å²) in [5.74, 6) is -0.316. The molecule has 0 amide bonds. The van der Waals surface area contributed by atoms with Crippen molar-refractivity contribution in [2.45, 2.75) is 0 Å². The molecular weight excluding hydrogens is 344 g/mol. The van der Waals surface area contributed by atoms with Crippen LogP contribution < -0.4 is 0 Å². The quantitative estimate of drug-likeness (QED) is 0.265. The molecule has 0 bridgehead atoms. The number of fused-ring (bicyclic) bond motifs is 3. The zero-order valence-electron chi connectivity index (χ0n) is 14.5. The van der Waals surface area contributed by atoms with E-state index in [2.05, 4.69) is 48.5 Å². The van der Waals surface area contributed by atoms with Crippen molar-refractivity contribution in [3.8, 4) is 4.90 Å². The molecule has 26 heavy (non-hydrogen) atoms. The molecule has 4 rings (SSSR count). The average Bonchev–Trinajstić information content (AvgIpc) is 3.03. The number of hydrogen-bond donors (Lipinski definition) is 0. The minimum atomic E-state index is -0.316. The number of benzene rings is 3. The van der Waals surface area contributed by atoms with E-state index in [1.165, 1.54) is 25.1 Å². The summed E-state index contributed by atoms with van der Waals surface area (Å²) in [7, 11) is 1.44. The third-order valence-corrected chi connectivity index (χ3v) is 6.69. The molecule has 0 aliphatic heterocycles. The molecule has 0 unspecified atom stereocenters. The molecule has 4 heteroatoms. The highest BCUT2D eigenvalue weighted by atomic mass is 32.2. The minimum absolute atomic E-state index is 0.141. The Hall–Kier alpha value is -2.69. The Morgan fingerprint density at radius 1 is 0.808 bits per heavy atom. The van der Waals surface area contributed by atoms with Crippen molar-refractivity contribution in [2.75, 3.05) is 20.3 Å². The first-order valence-electron chi connectivity index (χ1n) is 8.48. The zero-order valence-corrected chi connectivity index (χ0v) is 15.3. The van der Waals surface area contributed by atoms with E-state index in [-0.39, 0.29) is 23.0 Å². The van der Waals surface area contributed by atoms with Crippen molar-refractivity contribution in [2.24, 2.45) is 0 Å². The van der Waals surface area contributed by atoms with E-state index in [9.17, 15) is 4.79 Å². The predicted octanol–water partition coefficient (Wildman–Crippen LogP) is 5.53. The topological polar surface area (TPSA) is 35.5 Å². The Morgan fingerprint density at radius 2 is 1.38 bits per heavy atom. The van der Waals surface area contributed by atoms with Crippen LogP contribution in [0.2, 0.25) is 0 Å². The summed E-state index contributed by atoms with van der Waals surface area (Å²) in [5, 5.41) is 2.60. The largest absolute Gasteiger partial charge is 0.460 e. The fourth-order valence-corrected chi connectivity index (χ4v) is 5.51. The molecule has 0 saturated heterocycles. The van der Waals surface area contributed by atoms with Crippen LogP contribution in [-0.2, 0) is 9.47 Å². The normalized spacial score (nSPS) is 11.1. The zero-order chi connectivity index (χ0) is 17.9. The van der Waals surface area contributed by atoms with E-state index in [1.54, 1.807) is 7.11 Å². The number of methoxy groups -OCH3 is 1. The first-order chi connectivity index (χ1) is 12.8. The van der Waals surface area contributed by atoms with Crippen LogP contribution >= 0.6 is 10.5 Å². The molecule has 130 valence electrons. The number of rotatable bonds is 5. The van der Waals surface area contributed by atoms with Crippen LogP contribution in [0.25, 0.3) is 25.1 Å². The van der Waals surface area contributed by atoms with E-state index < -0.39 is 0 Å². The van der Waals surface area contributed by atoms with Gasteiger partial charge in [-0.25, -0.2) is 4.79 Å². The van der Waals surface area contributed by atoms with Crippen LogP contribution in [0.15, 0.2) is 72.8 Å². The van der Waals surface area contributed by atoms with E-state index in [4.69, 9.17) is 9.47 Å². The van der Waals surface area contributed by atoms with E-state index in [0.717, 1.165) is 0 Å². The van der Waals surface area contributed by atoms with Gasteiger partial charge in [-0.05, 0) is 48.5 Å². The Balaban J connectivity index is 1.75. The van der Waals surface area contributed by atoms with Gasteiger partial charge in [0.2, 0.25) is 0 Å². The van der Waals surface area contributed by atoms with Gasteiger partial charge in [-0.3, -0.25) is 0 Å². The molecule has 0 N–H and O–H groups in total. The smallest absolute Gasteiger partial charge is 0.338 e. The molecule has 1 heterocycles. The second-order valence-corrected chi connectivity index (χ2v) is 7.92. The molecule has 3 nitrogen and oxygen atoms in total. The molecule has 0 aliphatic carbocycles. The van der Waals surface area contributed by atoms with E-state index >= 15 is 0 Å². The highest BCUT2D eigenvalue weighted by Gasteiger charge is 2.23. The lowest BCUT2D eigenvalue weighted by atomic mass is 10.2. The molecule has 4 aromatic rings. The van der Waals surface area contributed by atoms with Gasteiger partial charge in [0.05, 0.1) is 12.2 Å². The minimum Gasteiger partial charge on any atom is -0.460 e. The summed E-state index contributed by atoms with van der Waals surface area (Å²) >= 11 is 0. The van der Waals surface area contributed by atoms with Gasteiger partial charge in [-0.15, -0.1) is 0 Å². The summed E-state index contributed by atoms with van der Waals surface area (Å²) in [6.45, 7) is 0.670. The summed E-state index contributed by atoms with van der Waals surface area (Å²) < 4.78 is 12.8. The van der Waals surface area contributed by atoms with Gasteiger partial charge in [0.1, 0.15) is 6.61 Å². The summed E-state index contributed by atoms with van der Waals surface area (Å²) in [5.41, 5.74) is 0.564. The lowest BCUT2D eigenvalue weighted by Gasteiger charge is -2.03. The molecule has 0 radical (unpaired) electrons. The lowest BCUT2D eigenvalue weighted by Crippen LogP contribution is -2.09. The molecular formula is C22H19O3S+. The lowest BCUT2D eigenvalue weighted by molar-refractivity contribution is 0.0388. The second-order valence-electron chi connectivity index (χ2n) is 5.95. The maximum atomic E-state index is 12.1. The van der Waals surface area contributed by atoms with E-state index in [1.807, 2.05) is 24.3 Å². The SMILES string of the molecule is COCCOC(=O)c1ccc(-[s+]2c3ccccc3c3ccccc32)cc1. The van der Waals surface area contributed by atoms with Crippen molar-refractivity contribution in [1.29, 1.82) is 0 Å². The standard InChI is InChI=1S/C22H19O3S/c1-24-14-15-25-22(23)16-10-12-17(13-11-16)26-20-8-4-2-6-18(20)19-7-3-5-9-21(19)26/h2-13H,14-15H2,1H3/q+1. The van der Waals surface area contributed by atoms with Crippen molar-refractivity contribution >= 4 is 36.6 Å². The number of ether oxygens (including phenoxy) is 2. The first-order valence-corrected chi connectivity index (χ1v) is 9.71. The number of carbonyl (C=O) groups is 1. The van der Waals surface area contributed by atoms with Gasteiger partial charge in [0.25, 0.3) is 0 Å². The fraction of sp³-hybridized carbons (Fsp3) is 0.136. The van der Waals surface area contributed by atoms with Crippen LogP contribution in [0.1, 0.15) is 10.4 Å².